The van der Waals surface area contributed by atoms with Crippen LogP contribution in [0, 0.1) is 0 Å². The van der Waals surface area contributed by atoms with Crippen molar-refractivity contribution in [3.05, 3.63) is 0 Å². The molecular weight excluding hydrogens is 238 g/mol. The van der Waals surface area contributed by atoms with Crippen molar-refractivity contribution in [3.8, 4) is 0 Å². The molecule has 1 heterocycles. The van der Waals surface area contributed by atoms with Gasteiger partial charge in [0.15, 0.2) is 0 Å². The van der Waals surface area contributed by atoms with Crippen molar-refractivity contribution in [2.75, 3.05) is 33.9 Å². The Morgan fingerprint density at radius 3 is 3.00 bits per heavy atom. The molecule has 1 aliphatic heterocycles. The first-order chi connectivity index (χ1) is 8.56. The number of rotatable bonds is 7. The molecule has 0 radical (unpaired) electrons. The molecule has 0 aliphatic carbocycles. The number of aliphatic hydroxyl groups excluding tert-OH is 1. The van der Waals surface area contributed by atoms with Gasteiger partial charge in [-0.3, -0.25) is 10.2 Å². The first-order valence-electron chi connectivity index (χ1n) is 6.08. The fourth-order valence-corrected chi connectivity index (χ4v) is 2.15. The van der Waals surface area contributed by atoms with E-state index in [9.17, 15) is 9.90 Å². The van der Waals surface area contributed by atoms with Gasteiger partial charge in [0.1, 0.15) is 6.10 Å². The molecule has 1 amide bonds. The summed E-state index contributed by atoms with van der Waals surface area (Å²) in [4.78, 5) is 13.2. The minimum atomic E-state index is -0.510. The molecule has 0 aromatic carbocycles. The minimum absolute atomic E-state index is 0.00652. The van der Waals surface area contributed by atoms with Crippen LogP contribution in [0.4, 0.5) is 0 Å². The van der Waals surface area contributed by atoms with Gasteiger partial charge in [0.05, 0.1) is 18.8 Å². The average molecular weight is 261 g/mol. The number of hydrazine groups is 1. The summed E-state index contributed by atoms with van der Waals surface area (Å²) in [7, 11) is 3.46. The number of nitrogens with zero attached hydrogens (tertiary/aromatic N) is 1. The average Bonchev–Trinajstić information content (AvgIpc) is 2.76. The molecule has 106 valence electrons. The normalized spacial score (nSPS) is 25.4. The largest absolute Gasteiger partial charge is 0.389 e. The van der Waals surface area contributed by atoms with Crippen LogP contribution in [0.1, 0.15) is 12.8 Å². The van der Waals surface area contributed by atoms with Gasteiger partial charge in [-0.25, -0.2) is 5.84 Å². The predicted molar refractivity (Wildman–Crippen MR) is 65.6 cm³/mol. The highest BCUT2D eigenvalue weighted by Gasteiger charge is 2.30. The molecule has 4 N–H and O–H groups in total. The summed E-state index contributed by atoms with van der Waals surface area (Å²) in [6.07, 6.45) is 0.555. The molecule has 1 aliphatic rings. The van der Waals surface area contributed by atoms with E-state index in [2.05, 4.69) is 5.43 Å². The third kappa shape index (κ3) is 4.87. The molecule has 0 saturated carbocycles. The maximum atomic E-state index is 11.3. The van der Waals surface area contributed by atoms with Gasteiger partial charge in [0, 0.05) is 20.2 Å². The summed E-state index contributed by atoms with van der Waals surface area (Å²) in [6, 6.07) is 0. The van der Waals surface area contributed by atoms with Gasteiger partial charge in [-0.15, -0.1) is 0 Å². The lowest BCUT2D eigenvalue weighted by Gasteiger charge is -2.23. The SMILES string of the molecule is COCC(O)CN(C)CC1CCC(C(=O)NN)O1. The van der Waals surface area contributed by atoms with Gasteiger partial charge in [0.2, 0.25) is 0 Å². The number of ether oxygens (including phenoxy) is 2. The maximum absolute atomic E-state index is 11.3. The molecule has 3 unspecified atom stereocenters. The van der Waals surface area contributed by atoms with E-state index in [0.717, 1.165) is 6.42 Å². The molecule has 3 atom stereocenters. The lowest BCUT2D eigenvalue weighted by Crippen LogP contribution is -2.40. The van der Waals surface area contributed by atoms with Gasteiger partial charge in [-0.1, -0.05) is 0 Å². The lowest BCUT2D eigenvalue weighted by molar-refractivity contribution is -0.132. The number of amides is 1. The van der Waals surface area contributed by atoms with Crippen molar-refractivity contribution in [1.82, 2.24) is 10.3 Å². The number of nitrogens with one attached hydrogen (secondary N) is 1. The first kappa shape index (κ1) is 15.3. The summed E-state index contributed by atoms with van der Waals surface area (Å²) < 4.78 is 10.4. The molecular formula is C11H23N3O4. The second-order valence-corrected chi connectivity index (χ2v) is 4.66. The summed E-state index contributed by atoms with van der Waals surface area (Å²) in [5, 5.41) is 9.58. The highest BCUT2D eigenvalue weighted by molar-refractivity contribution is 5.80. The zero-order valence-corrected chi connectivity index (χ0v) is 11.0. The summed E-state index contributed by atoms with van der Waals surface area (Å²) in [5.74, 6) is 4.78. The second-order valence-electron chi connectivity index (χ2n) is 4.66. The van der Waals surface area contributed by atoms with Crippen molar-refractivity contribution >= 4 is 5.91 Å². The molecule has 0 aromatic rings. The van der Waals surface area contributed by atoms with Crippen LogP contribution >= 0.6 is 0 Å². The smallest absolute Gasteiger partial charge is 0.263 e. The molecule has 18 heavy (non-hydrogen) atoms. The highest BCUT2D eigenvalue weighted by atomic mass is 16.5. The third-order valence-electron chi connectivity index (χ3n) is 2.94. The Morgan fingerprint density at radius 2 is 2.39 bits per heavy atom. The summed E-state index contributed by atoms with van der Waals surface area (Å²) >= 11 is 0. The topological polar surface area (TPSA) is 97.1 Å². The van der Waals surface area contributed by atoms with Crippen molar-refractivity contribution < 1.29 is 19.4 Å². The number of nitrogens with two attached hydrogens (primary N) is 1. The van der Waals surface area contributed by atoms with Crippen molar-refractivity contribution in [2.24, 2.45) is 5.84 Å². The number of likely N-dealkylation sites (N-methyl/N-ethyl adjacent to an activating group) is 1. The number of aliphatic hydroxyl groups is 1. The Morgan fingerprint density at radius 1 is 1.67 bits per heavy atom. The van der Waals surface area contributed by atoms with Crippen LogP contribution in [-0.2, 0) is 14.3 Å². The second kappa shape index (κ2) is 7.65. The molecule has 0 bridgehead atoms. The van der Waals surface area contributed by atoms with E-state index in [1.165, 1.54) is 0 Å². The predicted octanol–water partition coefficient (Wildman–Crippen LogP) is -1.54. The van der Waals surface area contributed by atoms with Crippen LogP contribution in [0.2, 0.25) is 0 Å². The Kier molecular flexibility index (Phi) is 6.51. The number of methoxy groups -OCH3 is 1. The third-order valence-corrected chi connectivity index (χ3v) is 2.94. The molecule has 0 aromatic heterocycles. The van der Waals surface area contributed by atoms with Crippen molar-refractivity contribution in [1.29, 1.82) is 0 Å². The quantitative estimate of drug-likeness (QED) is 0.292. The first-order valence-corrected chi connectivity index (χ1v) is 6.08. The Bertz CT molecular complexity index is 265. The van der Waals surface area contributed by atoms with E-state index in [0.29, 0.717) is 26.1 Å². The van der Waals surface area contributed by atoms with E-state index < -0.39 is 12.2 Å². The Hall–Kier alpha value is -0.730. The minimum Gasteiger partial charge on any atom is -0.389 e. The molecule has 1 rings (SSSR count). The van der Waals surface area contributed by atoms with E-state index in [4.69, 9.17) is 15.3 Å². The van der Waals surface area contributed by atoms with Gasteiger partial charge < -0.3 is 19.5 Å². The molecule has 7 heteroatoms. The van der Waals surface area contributed by atoms with Gasteiger partial charge >= 0.3 is 0 Å². The van der Waals surface area contributed by atoms with Crippen molar-refractivity contribution in [3.63, 3.8) is 0 Å². The van der Waals surface area contributed by atoms with Gasteiger partial charge in [-0.05, 0) is 19.9 Å². The zero-order valence-electron chi connectivity index (χ0n) is 11.0. The van der Waals surface area contributed by atoms with E-state index >= 15 is 0 Å². The number of carbonyl (C=O) groups excluding carboxylic acids is 1. The number of hydrogen-bond acceptors (Lipinski definition) is 6. The number of hydrogen-bond donors (Lipinski definition) is 3. The van der Waals surface area contributed by atoms with Gasteiger partial charge in [0.25, 0.3) is 5.91 Å². The highest BCUT2D eigenvalue weighted by Crippen LogP contribution is 2.20. The number of carbonyl (C=O) groups is 1. The summed E-state index contributed by atoms with van der Waals surface area (Å²) in [6.45, 7) is 1.50. The van der Waals surface area contributed by atoms with Crippen LogP contribution < -0.4 is 11.3 Å². The van der Waals surface area contributed by atoms with E-state index in [1.807, 2.05) is 11.9 Å². The lowest BCUT2D eigenvalue weighted by atomic mass is 10.2. The van der Waals surface area contributed by atoms with Crippen LogP contribution in [0.25, 0.3) is 0 Å². The monoisotopic (exact) mass is 261 g/mol. The van der Waals surface area contributed by atoms with Crippen LogP contribution in [0.5, 0.6) is 0 Å². The molecule has 1 fully saturated rings. The summed E-state index contributed by atoms with van der Waals surface area (Å²) in [5.41, 5.74) is 2.10. The maximum Gasteiger partial charge on any atom is 0.263 e. The van der Waals surface area contributed by atoms with Crippen molar-refractivity contribution in [2.45, 2.75) is 31.2 Å². The van der Waals surface area contributed by atoms with Gasteiger partial charge in [-0.2, -0.15) is 0 Å². The van der Waals surface area contributed by atoms with Crippen LogP contribution in [0.15, 0.2) is 0 Å². The van der Waals surface area contributed by atoms with E-state index in [-0.39, 0.29) is 12.0 Å². The molecule has 1 saturated heterocycles. The zero-order chi connectivity index (χ0) is 13.5. The Labute approximate surface area is 107 Å². The Balaban J connectivity index is 2.25. The molecule has 0 spiro atoms. The fraction of sp³-hybridized carbons (Fsp3) is 0.909. The molecule has 7 nitrogen and oxygen atoms in total. The van der Waals surface area contributed by atoms with Crippen LogP contribution in [-0.4, -0.2) is 68.1 Å². The fourth-order valence-electron chi connectivity index (χ4n) is 2.15. The standard InChI is InChI=1S/C11H23N3O4/c1-14(5-8(15)7-17-2)6-9-3-4-10(18-9)11(16)13-12/h8-10,15H,3-7,12H2,1-2H3,(H,13,16). The van der Waals surface area contributed by atoms with E-state index in [1.54, 1.807) is 7.11 Å². The van der Waals surface area contributed by atoms with Crippen LogP contribution in [0.3, 0.4) is 0 Å².